The van der Waals surface area contributed by atoms with E-state index in [2.05, 4.69) is 28.2 Å². The van der Waals surface area contributed by atoms with E-state index in [9.17, 15) is 18.0 Å². The Morgan fingerprint density at radius 2 is 1.74 bits per heavy atom. The van der Waals surface area contributed by atoms with Gasteiger partial charge in [0.2, 0.25) is 0 Å². The van der Waals surface area contributed by atoms with Crippen molar-refractivity contribution in [3.8, 4) is 0 Å². The smallest absolute Gasteiger partial charge is 0.322 e. The highest BCUT2D eigenvalue weighted by atomic mass is 79.9. The van der Waals surface area contributed by atoms with Gasteiger partial charge in [-0.3, -0.25) is 4.79 Å². The molecule has 23 heavy (non-hydrogen) atoms. The maximum Gasteiger partial charge on any atom is 0.339 e. The van der Waals surface area contributed by atoms with Gasteiger partial charge in [-0.25, -0.2) is 13.2 Å². The number of benzene rings is 1. The summed E-state index contributed by atoms with van der Waals surface area (Å²) in [6.07, 6.45) is 2.53. The van der Waals surface area contributed by atoms with Crippen molar-refractivity contribution in [3.63, 3.8) is 0 Å². The number of carbonyl (C=O) groups is 2. The average molecular weight is 401 g/mol. The molecule has 124 valence electrons. The Morgan fingerprint density at radius 1 is 1.17 bits per heavy atom. The van der Waals surface area contributed by atoms with E-state index in [1.54, 1.807) is 12.1 Å². The number of rotatable bonds is 2. The summed E-state index contributed by atoms with van der Waals surface area (Å²) in [6, 6.07) is 5.00. The van der Waals surface area contributed by atoms with Gasteiger partial charge in [0.15, 0.2) is 0 Å². The molecule has 1 heterocycles. The summed E-state index contributed by atoms with van der Waals surface area (Å²) in [7, 11) is -4.19. The zero-order chi connectivity index (χ0) is 16.8. The Morgan fingerprint density at radius 3 is 2.30 bits per heavy atom. The normalized spacial score (nSPS) is 28.3. The molecule has 1 aromatic carbocycles. The van der Waals surface area contributed by atoms with Gasteiger partial charge in [0.05, 0.1) is 4.90 Å². The van der Waals surface area contributed by atoms with Crippen LogP contribution >= 0.6 is 15.9 Å². The van der Waals surface area contributed by atoms with E-state index in [4.69, 9.17) is 0 Å². The zero-order valence-corrected chi connectivity index (χ0v) is 15.0. The minimum atomic E-state index is -4.19. The lowest BCUT2D eigenvalue weighted by atomic mass is 9.77. The number of imide groups is 1. The topological polar surface area (TPSA) is 83.6 Å². The van der Waals surface area contributed by atoms with Crippen molar-refractivity contribution in [3.05, 3.63) is 28.7 Å². The first kappa shape index (κ1) is 16.4. The number of sulfonamides is 1. The average Bonchev–Trinajstić information content (AvgIpc) is 2.74. The Bertz CT molecular complexity index is 752. The maximum absolute atomic E-state index is 12.7. The van der Waals surface area contributed by atoms with Crippen molar-refractivity contribution in [1.29, 1.82) is 0 Å². The first-order valence-electron chi connectivity index (χ1n) is 7.44. The van der Waals surface area contributed by atoms with Crippen molar-refractivity contribution in [2.24, 2.45) is 5.92 Å². The number of hydrogen-bond donors (Lipinski definition) is 1. The highest BCUT2D eigenvalue weighted by molar-refractivity contribution is 9.10. The van der Waals surface area contributed by atoms with Crippen LogP contribution in [0.2, 0.25) is 0 Å². The predicted octanol–water partition coefficient (Wildman–Crippen LogP) is 2.64. The lowest BCUT2D eigenvalue weighted by molar-refractivity contribution is -0.129. The molecule has 1 aromatic rings. The molecule has 0 radical (unpaired) electrons. The Balaban J connectivity index is 1.95. The predicted molar refractivity (Wildman–Crippen MR) is 87.1 cm³/mol. The fraction of sp³-hybridized carbons (Fsp3) is 0.467. The van der Waals surface area contributed by atoms with Crippen LogP contribution in [0.25, 0.3) is 0 Å². The van der Waals surface area contributed by atoms with E-state index in [1.165, 1.54) is 12.1 Å². The number of halogens is 1. The highest BCUT2D eigenvalue weighted by Crippen LogP contribution is 2.38. The molecule has 1 aliphatic carbocycles. The number of nitrogens with one attached hydrogen (secondary N) is 1. The molecule has 0 aromatic heterocycles. The molecule has 0 atom stereocenters. The molecule has 1 spiro atoms. The van der Waals surface area contributed by atoms with E-state index < -0.39 is 27.5 Å². The maximum atomic E-state index is 12.7. The fourth-order valence-corrected chi connectivity index (χ4v) is 4.73. The van der Waals surface area contributed by atoms with Crippen molar-refractivity contribution >= 4 is 37.9 Å². The summed E-state index contributed by atoms with van der Waals surface area (Å²) >= 11 is 3.23. The third-order valence-corrected chi connectivity index (χ3v) is 6.81. The summed E-state index contributed by atoms with van der Waals surface area (Å²) in [6.45, 7) is 2.09. The summed E-state index contributed by atoms with van der Waals surface area (Å²) in [5, 5.41) is 2.63. The SMILES string of the molecule is CC1CCC2(CC1)NC(=O)N(S(=O)(=O)c1ccc(Br)cc1)C2=O. The molecule has 2 aliphatic rings. The van der Waals surface area contributed by atoms with Crippen LogP contribution in [0.5, 0.6) is 0 Å². The summed E-state index contributed by atoms with van der Waals surface area (Å²) in [5.74, 6) is -0.181. The van der Waals surface area contributed by atoms with Crippen LogP contribution in [0, 0.1) is 5.92 Å². The molecule has 2 fully saturated rings. The van der Waals surface area contributed by atoms with Gasteiger partial charge in [0.25, 0.3) is 15.9 Å². The molecular formula is C15H17BrN2O4S. The monoisotopic (exact) mass is 400 g/mol. The highest BCUT2D eigenvalue weighted by Gasteiger charge is 2.56. The van der Waals surface area contributed by atoms with Gasteiger partial charge in [0.1, 0.15) is 5.54 Å². The quantitative estimate of drug-likeness (QED) is 0.773. The van der Waals surface area contributed by atoms with Crippen LogP contribution in [0.15, 0.2) is 33.6 Å². The van der Waals surface area contributed by atoms with E-state index in [0.717, 1.165) is 12.8 Å². The Hall–Kier alpha value is -1.41. The van der Waals surface area contributed by atoms with Gasteiger partial charge in [-0.1, -0.05) is 22.9 Å². The number of urea groups is 1. The summed E-state index contributed by atoms with van der Waals surface area (Å²) in [4.78, 5) is 24.9. The Kier molecular flexibility index (Phi) is 4.00. The zero-order valence-electron chi connectivity index (χ0n) is 12.6. The standard InChI is InChI=1S/C15H17BrN2O4S/c1-10-6-8-15(9-7-10)13(19)18(14(20)17-15)23(21,22)12-4-2-11(16)3-5-12/h2-5,10H,6-9H2,1H3,(H,17,20). The van der Waals surface area contributed by atoms with Crippen molar-refractivity contribution in [1.82, 2.24) is 9.62 Å². The summed E-state index contributed by atoms with van der Waals surface area (Å²) in [5.41, 5.74) is -1.06. The van der Waals surface area contributed by atoms with Gasteiger partial charge in [0, 0.05) is 4.47 Å². The molecule has 3 amide bonds. The van der Waals surface area contributed by atoms with Crippen LogP contribution in [0.1, 0.15) is 32.6 Å². The molecule has 1 saturated heterocycles. The minimum Gasteiger partial charge on any atom is -0.322 e. The summed E-state index contributed by atoms with van der Waals surface area (Å²) < 4.78 is 26.5. The van der Waals surface area contributed by atoms with E-state index >= 15 is 0 Å². The number of hydrogen-bond acceptors (Lipinski definition) is 4. The van der Waals surface area contributed by atoms with Crippen LogP contribution in [-0.4, -0.2) is 30.2 Å². The van der Waals surface area contributed by atoms with Crippen LogP contribution in [0.4, 0.5) is 4.79 Å². The van der Waals surface area contributed by atoms with Gasteiger partial charge in [-0.05, 0) is 55.9 Å². The molecule has 8 heteroatoms. The van der Waals surface area contributed by atoms with Crippen LogP contribution in [0.3, 0.4) is 0 Å². The van der Waals surface area contributed by atoms with Crippen molar-refractivity contribution < 1.29 is 18.0 Å². The largest absolute Gasteiger partial charge is 0.339 e. The van der Waals surface area contributed by atoms with Crippen molar-refractivity contribution in [2.75, 3.05) is 0 Å². The Labute approximate surface area is 143 Å². The first-order chi connectivity index (χ1) is 10.8. The lowest BCUT2D eigenvalue weighted by Crippen LogP contribution is -2.49. The third kappa shape index (κ3) is 2.67. The second kappa shape index (κ2) is 5.59. The second-order valence-electron chi connectivity index (χ2n) is 6.22. The van der Waals surface area contributed by atoms with E-state index in [-0.39, 0.29) is 4.90 Å². The van der Waals surface area contributed by atoms with Crippen LogP contribution < -0.4 is 5.32 Å². The van der Waals surface area contributed by atoms with Gasteiger partial charge in [-0.15, -0.1) is 4.31 Å². The fourth-order valence-electron chi connectivity index (χ4n) is 3.12. The first-order valence-corrected chi connectivity index (χ1v) is 9.67. The van der Waals surface area contributed by atoms with Crippen molar-refractivity contribution in [2.45, 2.75) is 43.0 Å². The number of carbonyl (C=O) groups excluding carboxylic acids is 2. The molecule has 0 unspecified atom stereocenters. The molecule has 1 saturated carbocycles. The second-order valence-corrected chi connectivity index (χ2v) is 8.93. The number of nitrogens with zero attached hydrogens (tertiary/aromatic N) is 1. The molecule has 1 aliphatic heterocycles. The molecule has 6 nitrogen and oxygen atoms in total. The lowest BCUT2D eigenvalue weighted by Gasteiger charge is -2.33. The number of amides is 3. The van der Waals surface area contributed by atoms with Gasteiger partial charge >= 0.3 is 6.03 Å². The van der Waals surface area contributed by atoms with Gasteiger partial charge in [-0.2, -0.15) is 0 Å². The molecule has 3 rings (SSSR count). The molecule has 1 N–H and O–H groups in total. The third-order valence-electron chi connectivity index (χ3n) is 4.60. The molecular weight excluding hydrogens is 384 g/mol. The molecule has 0 bridgehead atoms. The van der Waals surface area contributed by atoms with E-state index in [1.807, 2.05) is 0 Å². The minimum absolute atomic E-state index is 0.0783. The van der Waals surface area contributed by atoms with E-state index in [0.29, 0.717) is 27.5 Å². The van der Waals surface area contributed by atoms with Crippen LogP contribution in [-0.2, 0) is 14.8 Å². The van der Waals surface area contributed by atoms with Gasteiger partial charge < -0.3 is 5.32 Å².